The quantitative estimate of drug-likeness (QED) is 0.561. The van der Waals surface area contributed by atoms with Gasteiger partial charge in [0.15, 0.2) is 9.84 Å². The molecule has 2 heterocycles. The highest BCUT2D eigenvalue weighted by molar-refractivity contribution is 7.92. The van der Waals surface area contributed by atoms with E-state index in [1.165, 1.54) is 6.07 Å². The van der Waals surface area contributed by atoms with Crippen LogP contribution in [0.15, 0.2) is 59.5 Å². The van der Waals surface area contributed by atoms with Crippen molar-refractivity contribution in [3.8, 4) is 0 Å². The zero-order valence-corrected chi connectivity index (χ0v) is 23.5. The lowest BCUT2D eigenvalue weighted by molar-refractivity contribution is -0.137. The highest BCUT2D eigenvalue weighted by Gasteiger charge is 2.59. The maximum atomic E-state index is 14.1. The lowest BCUT2D eigenvalue weighted by atomic mass is 9.95. The fourth-order valence-electron chi connectivity index (χ4n) is 7.00. The normalized spacial score (nSPS) is 29.3. The third-order valence-electron chi connectivity index (χ3n) is 8.92. The van der Waals surface area contributed by atoms with E-state index < -0.39 is 50.7 Å². The van der Waals surface area contributed by atoms with Crippen LogP contribution in [0.3, 0.4) is 0 Å². The van der Waals surface area contributed by atoms with Gasteiger partial charge < -0.3 is 10.2 Å². The van der Waals surface area contributed by atoms with Gasteiger partial charge in [-0.05, 0) is 75.8 Å². The molecule has 2 aromatic carbocycles. The van der Waals surface area contributed by atoms with Gasteiger partial charge in [0.25, 0.3) is 5.91 Å². The van der Waals surface area contributed by atoms with Crippen LogP contribution < -0.4 is 5.32 Å². The van der Waals surface area contributed by atoms with Gasteiger partial charge in [-0.25, -0.2) is 8.42 Å². The number of hydrogen-bond acceptors (Lipinski definition) is 5. The predicted molar refractivity (Wildman–Crippen MR) is 143 cm³/mol. The molecule has 11 heteroatoms. The van der Waals surface area contributed by atoms with Crippen molar-refractivity contribution in [3.63, 3.8) is 0 Å². The molecule has 2 aliphatic heterocycles. The molecule has 0 spiro atoms. The minimum atomic E-state index is -4.60. The number of carbonyl (C=O) groups is 2. The first-order chi connectivity index (χ1) is 18.8. The van der Waals surface area contributed by atoms with Crippen LogP contribution in [0.5, 0.6) is 0 Å². The number of halogens is 3. The largest absolute Gasteiger partial charge is 0.416 e. The highest BCUT2D eigenvalue weighted by atomic mass is 32.2. The average molecular weight is 578 g/mol. The van der Waals surface area contributed by atoms with Crippen molar-refractivity contribution in [2.45, 2.75) is 74.1 Å². The minimum absolute atomic E-state index is 0.0856. The summed E-state index contributed by atoms with van der Waals surface area (Å²) in [6.45, 7) is 7.19. The van der Waals surface area contributed by atoms with Crippen molar-refractivity contribution < 1.29 is 31.2 Å². The monoisotopic (exact) mass is 577 g/mol. The second-order valence-electron chi connectivity index (χ2n) is 11.4. The minimum Gasteiger partial charge on any atom is -0.340 e. The van der Waals surface area contributed by atoms with E-state index in [4.69, 9.17) is 0 Å². The van der Waals surface area contributed by atoms with Crippen LogP contribution in [0.4, 0.5) is 13.2 Å². The van der Waals surface area contributed by atoms with Crippen molar-refractivity contribution >= 4 is 21.7 Å². The number of benzene rings is 2. The van der Waals surface area contributed by atoms with E-state index >= 15 is 0 Å². The zero-order chi connectivity index (χ0) is 29.0. The molecule has 2 amide bonds. The molecule has 2 saturated heterocycles. The Bertz CT molecular complexity index is 1380. The Labute approximate surface area is 232 Å². The number of carbonyl (C=O) groups excluding carboxylic acids is 2. The maximum absolute atomic E-state index is 14.1. The second kappa shape index (κ2) is 10.5. The fraction of sp³-hybridized carbons (Fsp3) is 0.517. The van der Waals surface area contributed by atoms with E-state index in [-0.39, 0.29) is 47.3 Å². The van der Waals surface area contributed by atoms with Gasteiger partial charge in [0.2, 0.25) is 5.91 Å². The van der Waals surface area contributed by atoms with Gasteiger partial charge in [-0.2, -0.15) is 13.2 Å². The summed E-state index contributed by atoms with van der Waals surface area (Å²) in [5, 5.41) is 1.79. The Balaban J connectivity index is 1.40. The van der Waals surface area contributed by atoms with E-state index in [9.17, 15) is 31.2 Å². The first-order valence-electron chi connectivity index (χ1n) is 13.6. The van der Waals surface area contributed by atoms with Crippen LogP contribution in [-0.4, -0.2) is 72.5 Å². The van der Waals surface area contributed by atoms with Gasteiger partial charge in [0.05, 0.1) is 15.7 Å². The van der Waals surface area contributed by atoms with Gasteiger partial charge >= 0.3 is 6.18 Å². The number of likely N-dealkylation sites (tertiary alicyclic amines) is 2. The molecule has 7 nitrogen and oxygen atoms in total. The number of fused-ring (bicyclic) bond motifs is 1. The molecule has 40 heavy (non-hydrogen) atoms. The van der Waals surface area contributed by atoms with Crippen LogP contribution in [0.1, 0.15) is 49.5 Å². The summed E-state index contributed by atoms with van der Waals surface area (Å²) < 4.78 is 67.5. The third-order valence-corrected chi connectivity index (χ3v) is 11.2. The molecule has 0 aromatic heterocycles. The summed E-state index contributed by atoms with van der Waals surface area (Å²) >= 11 is 0. The van der Waals surface area contributed by atoms with E-state index in [2.05, 4.69) is 31.0 Å². The lowest BCUT2D eigenvalue weighted by Crippen LogP contribution is -2.51. The van der Waals surface area contributed by atoms with E-state index in [0.717, 1.165) is 18.2 Å². The van der Waals surface area contributed by atoms with Crippen LogP contribution in [0.25, 0.3) is 0 Å². The molecule has 0 radical (unpaired) electrons. The Hall–Kier alpha value is -2.92. The standard InChI is InChI=1S/C29H34F3N3O4S/c1-17(2)35-16-23-22(18(35)3)15-25(26(23)40(38,39)21-10-5-4-6-11-21)34-13-12-24(28(34)37)33-27(36)19-8-7-9-20(14-19)29(30,31)32/h4-11,14,17-18,22-26H,12-13,15-16H2,1-3H3,(H,33,36). The van der Waals surface area contributed by atoms with Gasteiger partial charge in [-0.15, -0.1) is 0 Å². The van der Waals surface area contributed by atoms with Crippen LogP contribution >= 0.6 is 0 Å². The number of nitrogens with one attached hydrogen (secondary N) is 1. The van der Waals surface area contributed by atoms with E-state index in [1.54, 1.807) is 35.2 Å². The van der Waals surface area contributed by atoms with Crippen molar-refractivity contribution in [2.75, 3.05) is 13.1 Å². The highest BCUT2D eigenvalue weighted by Crippen LogP contribution is 2.49. The topological polar surface area (TPSA) is 86.8 Å². The predicted octanol–water partition coefficient (Wildman–Crippen LogP) is 4.00. The Morgan fingerprint density at radius 2 is 1.75 bits per heavy atom. The molecule has 6 unspecified atom stereocenters. The Morgan fingerprint density at radius 3 is 2.40 bits per heavy atom. The molecule has 1 N–H and O–H groups in total. The molecule has 5 rings (SSSR count). The molecule has 1 saturated carbocycles. The van der Waals surface area contributed by atoms with Crippen molar-refractivity contribution in [1.82, 2.24) is 15.1 Å². The molecule has 1 aliphatic carbocycles. The number of alkyl halides is 3. The number of nitrogens with zero attached hydrogens (tertiary/aromatic N) is 2. The first-order valence-corrected chi connectivity index (χ1v) is 15.2. The van der Waals surface area contributed by atoms with E-state index in [1.807, 2.05) is 0 Å². The molecular weight excluding hydrogens is 543 g/mol. The summed E-state index contributed by atoms with van der Waals surface area (Å²) in [6, 6.07) is 11.3. The summed E-state index contributed by atoms with van der Waals surface area (Å²) in [7, 11) is -3.79. The zero-order valence-electron chi connectivity index (χ0n) is 22.6. The molecule has 3 fully saturated rings. The maximum Gasteiger partial charge on any atom is 0.416 e. The summed E-state index contributed by atoms with van der Waals surface area (Å²) in [5.41, 5.74) is -1.14. The van der Waals surface area contributed by atoms with Crippen molar-refractivity contribution in [1.29, 1.82) is 0 Å². The smallest absolute Gasteiger partial charge is 0.340 e. The van der Waals surface area contributed by atoms with Gasteiger partial charge in [0, 0.05) is 36.8 Å². The summed E-state index contributed by atoms with van der Waals surface area (Å²) in [5.74, 6) is -1.24. The molecule has 3 aliphatic rings. The van der Waals surface area contributed by atoms with Crippen molar-refractivity contribution in [2.24, 2.45) is 11.8 Å². The molecule has 0 bridgehead atoms. The molecular formula is C29H34F3N3O4S. The van der Waals surface area contributed by atoms with Gasteiger partial charge in [0.1, 0.15) is 6.04 Å². The fourth-order valence-corrected chi connectivity index (χ4v) is 9.27. The Morgan fingerprint density at radius 1 is 1.05 bits per heavy atom. The average Bonchev–Trinajstić information content (AvgIpc) is 3.56. The van der Waals surface area contributed by atoms with Crippen LogP contribution in [-0.2, 0) is 20.8 Å². The SMILES string of the molecule is CC(C)N1CC2C(CC(N3CCC(NC(=O)c4cccc(C(F)(F)F)c4)C3=O)C2S(=O)(=O)c2ccccc2)C1C. The second-order valence-corrected chi connectivity index (χ2v) is 13.5. The first kappa shape index (κ1) is 28.6. The Kier molecular flexibility index (Phi) is 7.50. The number of rotatable bonds is 6. The van der Waals surface area contributed by atoms with E-state index in [0.29, 0.717) is 13.0 Å². The van der Waals surface area contributed by atoms with Gasteiger partial charge in [-0.3, -0.25) is 14.5 Å². The summed E-state index contributed by atoms with van der Waals surface area (Å²) in [6.07, 6.45) is -3.81. The van der Waals surface area contributed by atoms with Gasteiger partial charge in [-0.1, -0.05) is 24.3 Å². The number of sulfone groups is 1. The lowest BCUT2D eigenvalue weighted by Gasteiger charge is -2.34. The molecule has 2 aromatic rings. The molecule has 216 valence electrons. The van der Waals surface area contributed by atoms with Crippen molar-refractivity contribution in [3.05, 3.63) is 65.7 Å². The number of amides is 2. The number of hydrogen-bond donors (Lipinski definition) is 1. The molecule has 6 atom stereocenters. The third kappa shape index (κ3) is 5.02. The van der Waals surface area contributed by atoms with Crippen LogP contribution in [0.2, 0.25) is 0 Å². The van der Waals surface area contributed by atoms with Crippen LogP contribution in [0, 0.1) is 11.8 Å². The summed E-state index contributed by atoms with van der Waals surface area (Å²) in [4.78, 5) is 30.5.